The van der Waals surface area contributed by atoms with Gasteiger partial charge in [-0.15, -0.1) is 0 Å². The summed E-state index contributed by atoms with van der Waals surface area (Å²) >= 11 is 0. The maximum absolute atomic E-state index is 5.40. The first kappa shape index (κ1) is 35.7. The van der Waals surface area contributed by atoms with Gasteiger partial charge in [0.15, 0.2) is 0 Å². The molecule has 3 heteroatoms. The normalized spacial score (nSPS) is 20.4. The predicted molar refractivity (Wildman–Crippen MR) is 246 cm³/mol. The number of aromatic nitrogens is 2. The van der Waals surface area contributed by atoms with E-state index in [1.807, 2.05) is 6.20 Å². The molecule has 3 aliphatic carbocycles. The van der Waals surface area contributed by atoms with E-state index in [-0.39, 0.29) is 11.8 Å². The SMILES string of the molecule is C=C1CC(C)C=C/C1=N/C=C(\C)C1=CC[C@@H](c2nc(-c3cc4ccccc4c4ccccc34)cc(C3C=CC(c4cc5ccccc5c5ccccc45)=CC3)n2)C=C1. The van der Waals surface area contributed by atoms with E-state index in [0.717, 1.165) is 58.9 Å². The zero-order valence-electron chi connectivity index (χ0n) is 33.1. The molecule has 0 N–H and O–H groups in total. The summed E-state index contributed by atoms with van der Waals surface area (Å²) in [6, 6.07) is 41.8. The number of fused-ring (bicyclic) bond motifs is 6. The summed E-state index contributed by atoms with van der Waals surface area (Å²) in [6.07, 6.45) is 22.8. The first-order valence-electron chi connectivity index (χ1n) is 20.6. The Morgan fingerprint density at radius 3 is 1.88 bits per heavy atom. The molecule has 0 amide bonds. The molecular formula is C55H45N3. The third-order valence-corrected chi connectivity index (χ3v) is 12.2. The Morgan fingerprint density at radius 1 is 0.638 bits per heavy atom. The Kier molecular flexibility index (Phi) is 9.22. The molecular weight excluding hydrogens is 703 g/mol. The van der Waals surface area contributed by atoms with Crippen LogP contribution in [0, 0.1) is 5.92 Å². The van der Waals surface area contributed by atoms with Crippen LogP contribution in [0.25, 0.3) is 59.9 Å². The molecule has 58 heavy (non-hydrogen) atoms. The largest absolute Gasteiger partial charge is 0.256 e. The van der Waals surface area contributed by atoms with Gasteiger partial charge in [-0.1, -0.05) is 153 Å². The zero-order chi connectivity index (χ0) is 39.2. The Labute approximate surface area is 340 Å². The minimum absolute atomic E-state index is 0.0541. The van der Waals surface area contributed by atoms with Crippen LogP contribution < -0.4 is 0 Å². The van der Waals surface area contributed by atoms with Gasteiger partial charge < -0.3 is 0 Å². The Bertz CT molecular complexity index is 3040. The van der Waals surface area contributed by atoms with Gasteiger partial charge in [0.2, 0.25) is 0 Å². The van der Waals surface area contributed by atoms with Crippen molar-refractivity contribution in [1.82, 2.24) is 9.97 Å². The molecule has 3 atom stereocenters. The number of benzene rings is 6. The van der Waals surface area contributed by atoms with E-state index < -0.39 is 0 Å². The second-order valence-electron chi connectivity index (χ2n) is 16.1. The average molecular weight is 748 g/mol. The molecule has 6 aromatic carbocycles. The molecule has 2 unspecified atom stereocenters. The highest BCUT2D eigenvalue weighted by molar-refractivity contribution is 6.14. The van der Waals surface area contributed by atoms with Gasteiger partial charge in [-0.3, -0.25) is 4.99 Å². The molecule has 1 heterocycles. The number of hydrogen-bond acceptors (Lipinski definition) is 3. The predicted octanol–water partition coefficient (Wildman–Crippen LogP) is 14.4. The minimum atomic E-state index is 0.0541. The fraction of sp³-hybridized carbons (Fsp3) is 0.145. The summed E-state index contributed by atoms with van der Waals surface area (Å²) in [7, 11) is 0. The van der Waals surface area contributed by atoms with E-state index in [4.69, 9.17) is 15.0 Å². The van der Waals surface area contributed by atoms with Crippen LogP contribution in [0.2, 0.25) is 0 Å². The lowest BCUT2D eigenvalue weighted by atomic mass is 9.86. The molecule has 0 fully saturated rings. The zero-order valence-corrected chi connectivity index (χ0v) is 33.1. The number of aliphatic imine (C=N–C) groups is 1. The summed E-state index contributed by atoms with van der Waals surface area (Å²) in [5.74, 6) is 1.55. The van der Waals surface area contributed by atoms with Gasteiger partial charge >= 0.3 is 0 Å². The first-order chi connectivity index (χ1) is 28.5. The number of allylic oxidation sites excluding steroid dienone is 12. The van der Waals surface area contributed by atoms with Crippen LogP contribution in [-0.4, -0.2) is 15.7 Å². The smallest absolute Gasteiger partial charge is 0.136 e. The molecule has 1 aromatic heterocycles. The number of hydrogen-bond donors (Lipinski definition) is 0. The Balaban J connectivity index is 1.02. The highest BCUT2D eigenvalue weighted by Gasteiger charge is 2.23. The van der Waals surface area contributed by atoms with E-state index in [1.165, 1.54) is 59.8 Å². The van der Waals surface area contributed by atoms with Crippen LogP contribution >= 0.6 is 0 Å². The molecule has 0 spiro atoms. The van der Waals surface area contributed by atoms with Crippen molar-refractivity contribution in [3.8, 4) is 11.3 Å². The van der Waals surface area contributed by atoms with Gasteiger partial charge in [0.25, 0.3) is 0 Å². The van der Waals surface area contributed by atoms with E-state index in [0.29, 0.717) is 5.92 Å². The van der Waals surface area contributed by atoms with Crippen molar-refractivity contribution >= 4 is 54.4 Å². The summed E-state index contributed by atoms with van der Waals surface area (Å²) in [5.41, 5.74) is 10.1. The van der Waals surface area contributed by atoms with Crippen LogP contribution in [0.3, 0.4) is 0 Å². The van der Waals surface area contributed by atoms with Crippen molar-refractivity contribution in [2.45, 2.75) is 44.9 Å². The maximum Gasteiger partial charge on any atom is 0.136 e. The molecule has 280 valence electrons. The lowest BCUT2D eigenvalue weighted by Gasteiger charge is -2.22. The Morgan fingerprint density at radius 2 is 1.24 bits per heavy atom. The maximum atomic E-state index is 5.40. The molecule has 10 rings (SSSR count). The molecule has 0 bridgehead atoms. The second kappa shape index (κ2) is 15.0. The molecule has 7 aromatic rings. The third kappa shape index (κ3) is 6.67. The lowest BCUT2D eigenvalue weighted by molar-refractivity contribution is 0.726. The van der Waals surface area contributed by atoms with Crippen LogP contribution in [0.1, 0.15) is 62.0 Å². The van der Waals surface area contributed by atoms with Crippen LogP contribution in [0.5, 0.6) is 0 Å². The quantitative estimate of drug-likeness (QED) is 0.159. The second-order valence-corrected chi connectivity index (χ2v) is 16.1. The van der Waals surface area contributed by atoms with E-state index in [2.05, 4.69) is 184 Å². The number of nitrogens with zero attached hydrogens (tertiary/aromatic N) is 3. The summed E-state index contributed by atoms with van der Waals surface area (Å²) in [5, 5.41) is 10.0. The molecule has 0 aliphatic heterocycles. The van der Waals surface area contributed by atoms with E-state index in [1.54, 1.807) is 0 Å². The monoisotopic (exact) mass is 747 g/mol. The van der Waals surface area contributed by atoms with Crippen molar-refractivity contribution in [3.63, 3.8) is 0 Å². The van der Waals surface area contributed by atoms with Crippen LogP contribution in [0.4, 0.5) is 0 Å². The van der Waals surface area contributed by atoms with Gasteiger partial charge in [0, 0.05) is 23.6 Å². The molecule has 0 radical (unpaired) electrons. The molecule has 0 saturated heterocycles. The summed E-state index contributed by atoms with van der Waals surface area (Å²) in [6.45, 7) is 8.61. The van der Waals surface area contributed by atoms with Gasteiger partial charge in [-0.25, -0.2) is 9.97 Å². The Hall–Kier alpha value is -6.71. The third-order valence-electron chi connectivity index (χ3n) is 12.2. The molecule has 3 nitrogen and oxygen atoms in total. The lowest BCUT2D eigenvalue weighted by Crippen LogP contribution is -2.10. The van der Waals surface area contributed by atoms with E-state index in [9.17, 15) is 0 Å². The highest BCUT2D eigenvalue weighted by atomic mass is 14.9. The van der Waals surface area contributed by atoms with Crippen molar-refractivity contribution in [2.24, 2.45) is 10.9 Å². The average Bonchev–Trinajstić information content (AvgIpc) is 3.28. The van der Waals surface area contributed by atoms with Crippen molar-refractivity contribution in [1.29, 1.82) is 0 Å². The van der Waals surface area contributed by atoms with Gasteiger partial charge in [-0.2, -0.15) is 0 Å². The van der Waals surface area contributed by atoms with Crippen LogP contribution in [-0.2, 0) is 0 Å². The fourth-order valence-electron chi connectivity index (χ4n) is 8.99. The molecule has 0 saturated carbocycles. The fourth-order valence-corrected chi connectivity index (χ4v) is 8.99. The van der Waals surface area contributed by atoms with Crippen molar-refractivity contribution in [2.75, 3.05) is 0 Å². The van der Waals surface area contributed by atoms with Gasteiger partial charge in [-0.05, 0) is 127 Å². The van der Waals surface area contributed by atoms with Gasteiger partial charge in [0.05, 0.1) is 17.1 Å². The standard InChI is InChI=1S/C55H45N3/c1-35-20-29-52(36(2)30-35)56-34-37(3)38-21-27-41(28-22-38)55-57-53(33-54(58-55)51-32-43-13-5-7-15-45(43)47-17-9-11-19-49(47)51)40-25-23-39(24-26-40)50-31-42-12-4-6-14-44(42)46-16-8-10-18-48(46)50/h4-25,27,29,31-35,40-41H,2,26,28,30H2,1,3H3/b37-34+,56-52-/t35?,40?,41-/m0/s1. The van der Waals surface area contributed by atoms with E-state index >= 15 is 0 Å². The minimum Gasteiger partial charge on any atom is -0.256 e. The van der Waals surface area contributed by atoms with Crippen LogP contribution in [0.15, 0.2) is 198 Å². The first-order valence-corrected chi connectivity index (χ1v) is 20.6. The summed E-state index contributed by atoms with van der Waals surface area (Å²) in [4.78, 5) is 15.6. The molecule has 3 aliphatic rings. The number of rotatable bonds is 6. The van der Waals surface area contributed by atoms with Crippen molar-refractivity contribution < 1.29 is 0 Å². The van der Waals surface area contributed by atoms with Crippen molar-refractivity contribution in [3.05, 3.63) is 210 Å². The highest BCUT2D eigenvalue weighted by Crippen LogP contribution is 2.40. The topological polar surface area (TPSA) is 38.1 Å². The van der Waals surface area contributed by atoms with Gasteiger partial charge in [0.1, 0.15) is 5.82 Å². The summed E-state index contributed by atoms with van der Waals surface area (Å²) < 4.78 is 0.